The summed E-state index contributed by atoms with van der Waals surface area (Å²) in [6, 6.07) is 1.41. The molecule has 0 fully saturated rings. The SMILES string of the molecule is CNCc1cc(=O)o[nH]1. The van der Waals surface area contributed by atoms with Crippen LogP contribution in [0.1, 0.15) is 5.69 Å². The van der Waals surface area contributed by atoms with Crippen LogP contribution in [0.15, 0.2) is 15.4 Å². The molecule has 0 amide bonds. The standard InChI is InChI=1S/C5H8N2O2/c1-6-3-4-2-5(8)9-7-4/h2,6-7H,3H2,1H3. The second-order valence-corrected chi connectivity index (χ2v) is 1.72. The van der Waals surface area contributed by atoms with Crippen LogP contribution in [0.5, 0.6) is 0 Å². The van der Waals surface area contributed by atoms with Crippen LogP contribution in [-0.2, 0) is 6.54 Å². The first-order valence-electron chi connectivity index (χ1n) is 2.65. The third-order valence-electron chi connectivity index (χ3n) is 0.942. The van der Waals surface area contributed by atoms with Crippen molar-refractivity contribution in [3.63, 3.8) is 0 Å². The van der Waals surface area contributed by atoms with Crippen LogP contribution in [0.4, 0.5) is 0 Å². The number of hydrogen-bond donors (Lipinski definition) is 2. The molecule has 1 aromatic rings. The largest absolute Gasteiger partial charge is 0.357 e. The number of aromatic nitrogens is 1. The molecule has 0 saturated carbocycles. The molecular weight excluding hydrogens is 120 g/mol. The topological polar surface area (TPSA) is 58.0 Å². The molecule has 50 valence electrons. The lowest BCUT2D eigenvalue weighted by molar-refractivity contribution is 0.383. The van der Waals surface area contributed by atoms with Crippen molar-refractivity contribution in [1.29, 1.82) is 0 Å². The third-order valence-corrected chi connectivity index (χ3v) is 0.942. The molecule has 0 unspecified atom stereocenters. The predicted molar refractivity (Wildman–Crippen MR) is 32.1 cm³/mol. The van der Waals surface area contributed by atoms with Gasteiger partial charge in [0.05, 0.1) is 5.69 Å². The summed E-state index contributed by atoms with van der Waals surface area (Å²) in [6.45, 7) is 0.631. The summed E-state index contributed by atoms with van der Waals surface area (Å²) >= 11 is 0. The Balaban J connectivity index is 2.73. The van der Waals surface area contributed by atoms with Crippen LogP contribution in [0.25, 0.3) is 0 Å². The van der Waals surface area contributed by atoms with Crippen LogP contribution in [-0.4, -0.2) is 12.2 Å². The fourth-order valence-corrected chi connectivity index (χ4v) is 0.595. The van der Waals surface area contributed by atoms with Gasteiger partial charge < -0.3 is 9.84 Å². The molecule has 2 N–H and O–H groups in total. The van der Waals surface area contributed by atoms with Gasteiger partial charge in [0.15, 0.2) is 0 Å². The van der Waals surface area contributed by atoms with E-state index in [4.69, 9.17) is 0 Å². The lowest BCUT2D eigenvalue weighted by Crippen LogP contribution is -2.05. The smallest absolute Gasteiger partial charge is 0.339 e. The maximum atomic E-state index is 10.3. The molecule has 4 nitrogen and oxygen atoms in total. The molecule has 0 aliphatic heterocycles. The first-order valence-corrected chi connectivity index (χ1v) is 2.65. The molecule has 1 heterocycles. The van der Waals surface area contributed by atoms with Gasteiger partial charge in [0.25, 0.3) is 0 Å². The Morgan fingerprint density at radius 2 is 2.67 bits per heavy atom. The van der Waals surface area contributed by atoms with E-state index in [1.165, 1.54) is 6.07 Å². The summed E-state index contributed by atoms with van der Waals surface area (Å²) in [5.41, 5.74) is 0.433. The van der Waals surface area contributed by atoms with E-state index in [1.54, 1.807) is 7.05 Å². The van der Waals surface area contributed by atoms with Crippen LogP contribution in [0, 0.1) is 0 Å². The van der Waals surface area contributed by atoms with E-state index in [1.807, 2.05) is 0 Å². The zero-order chi connectivity index (χ0) is 6.69. The van der Waals surface area contributed by atoms with Crippen molar-refractivity contribution in [2.75, 3.05) is 7.05 Å². The minimum Gasteiger partial charge on any atom is -0.339 e. The number of rotatable bonds is 2. The van der Waals surface area contributed by atoms with Crippen LogP contribution >= 0.6 is 0 Å². The summed E-state index contributed by atoms with van der Waals surface area (Å²) in [6.07, 6.45) is 0. The van der Waals surface area contributed by atoms with Crippen LogP contribution < -0.4 is 10.9 Å². The third kappa shape index (κ3) is 1.43. The van der Waals surface area contributed by atoms with Gasteiger partial charge in [0, 0.05) is 12.6 Å². The van der Waals surface area contributed by atoms with E-state index in [0.29, 0.717) is 6.54 Å². The molecular formula is C5H8N2O2. The molecule has 0 aliphatic rings. The van der Waals surface area contributed by atoms with Crippen molar-refractivity contribution in [1.82, 2.24) is 10.5 Å². The highest BCUT2D eigenvalue weighted by Gasteiger charge is 1.93. The zero-order valence-electron chi connectivity index (χ0n) is 5.10. The maximum Gasteiger partial charge on any atom is 0.357 e. The predicted octanol–water partition coefficient (Wildman–Crippen LogP) is -0.313. The molecule has 1 rings (SSSR count). The van der Waals surface area contributed by atoms with Gasteiger partial charge in [-0.15, -0.1) is 0 Å². The summed E-state index contributed by atoms with van der Waals surface area (Å²) in [4.78, 5) is 10.3. The van der Waals surface area contributed by atoms with Crippen molar-refractivity contribution in [2.24, 2.45) is 0 Å². The summed E-state index contributed by atoms with van der Waals surface area (Å²) in [5.74, 6) is 0. The van der Waals surface area contributed by atoms with Gasteiger partial charge in [-0.1, -0.05) is 0 Å². The number of nitrogens with one attached hydrogen (secondary N) is 2. The van der Waals surface area contributed by atoms with Gasteiger partial charge in [-0.3, -0.25) is 0 Å². The lowest BCUT2D eigenvalue weighted by atomic mass is 10.4. The highest BCUT2D eigenvalue weighted by atomic mass is 16.5. The molecule has 0 aromatic carbocycles. The maximum absolute atomic E-state index is 10.3. The first-order chi connectivity index (χ1) is 4.33. The Morgan fingerprint density at radius 3 is 3.11 bits per heavy atom. The second kappa shape index (κ2) is 2.50. The van der Waals surface area contributed by atoms with Gasteiger partial charge in [-0.05, 0) is 7.05 Å². The number of H-pyrrole nitrogens is 1. The molecule has 1 aromatic heterocycles. The zero-order valence-corrected chi connectivity index (χ0v) is 5.10. The fraction of sp³-hybridized carbons (Fsp3) is 0.400. The molecule has 4 heteroatoms. The van der Waals surface area contributed by atoms with Crippen molar-refractivity contribution in [2.45, 2.75) is 6.54 Å². The molecule has 0 atom stereocenters. The minimum absolute atomic E-state index is 0.333. The summed E-state index contributed by atoms with van der Waals surface area (Å²) in [5, 5.41) is 5.32. The summed E-state index contributed by atoms with van der Waals surface area (Å²) in [7, 11) is 1.80. The van der Waals surface area contributed by atoms with Gasteiger partial charge in [-0.2, -0.15) is 0 Å². The Morgan fingerprint density at radius 1 is 1.89 bits per heavy atom. The van der Waals surface area contributed by atoms with Crippen molar-refractivity contribution in [3.05, 3.63) is 22.2 Å². The average Bonchev–Trinajstić information content (AvgIpc) is 2.17. The monoisotopic (exact) mass is 128 g/mol. The Hall–Kier alpha value is -1.03. The number of hydrogen-bond acceptors (Lipinski definition) is 3. The van der Waals surface area contributed by atoms with Crippen molar-refractivity contribution >= 4 is 0 Å². The normalized spacial score (nSPS) is 9.89. The molecule has 0 aliphatic carbocycles. The first kappa shape index (κ1) is 6.10. The van der Waals surface area contributed by atoms with Crippen LogP contribution in [0.2, 0.25) is 0 Å². The van der Waals surface area contributed by atoms with Crippen LogP contribution in [0.3, 0.4) is 0 Å². The average molecular weight is 128 g/mol. The molecule has 0 spiro atoms. The minimum atomic E-state index is -0.333. The second-order valence-electron chi connectivity index (χ2n) is 1.72. The van der Waals surface area contributed by atoms with Gasteiger partial charge in [-0.25, -0.2) is 9.95 Å². The Kier molecular flexibility index (Phi) is 1.69. The Labute approximate surface area is 51.8 Å². The van der Waals surface area contributed by atoms with E-state index < -0.39 is 0 Å². The van der Waals surface area contributed by atoms with E-state index in [2.05, 4.69) is 15.0 Å². The summed E-state index contributed by atoms with van der Waals surface area (Å²) < 4.78 is 4.40. The van der Waals surface area contributed by atoms with Gasteiger partial charge >= 0.3 is 5.63 Å². The van der Waals surface area contributed by atoms with E-state index in [9.17, 15) is 4.79 Å². The van der Waals surface area contributed by atoms with E-state index in [-0.39, 0.29) is 5.63 Å². The van der Waals surface area contributed by atoms with E-state index in [0.717, 1.165) is 5.69 Å². The van der Waals surface area contributed by atoms with Gasteiger partial charge in [0.2, 0.25) is 0 Å². The highest BCUT2D eigenvalue weighted by molar-refractivity contribution is 4.94. The van der Waals surface area contributed by atoms with Crippen molar-refractivity contribution in [3.8, 4) is 0 Å². The quantitative estimate of drug-likeness (QED) is 0.574. The fourth-order valence-electron chi connectivity index (χ4n) is 0.595. The van der Waals surface area contributed by atoms with Gasteiger partial charge in [0.1, 0.15) is 0 Å². The van der Waals surface area contributed by atoms with Crippen molar-refractivity contribution < 1.29 is 4.52 Å². The Bertz CT molecular complexity index is 225. The number of aromatic amines is 1. The molecule has 0 radical (unpaired) electrons. The highest BCUT2D eigenvalue weighted by Crippen LogP contribution is 1.85. The molecule has 9 heavy (non-hydrogen) atoms. The molecule has 0 bridgehead atoms. The lowest BCUT2D eigenvalue weighted by Gasteiger charge is -1.88. The molecule has 0 saturated heterocycles. The van der Waals surface area contributed by atoms with E-state index >= 15 is 0 Å².